The molecule has 1 aliphatic rings. The van der Waals surface area contributed by atoms with Crippen molar-refractivity contribution < 1.29 is 9.59 Å². The minimum atomic E-state index is -0.448. The van der Waals surface area contributed by atoms with E-state index in [0.29, 0.717) is 13.1 Å². The van der Waals surface area contributed by atoms with Crippen molar-refractivity contribution in [1.29, 1.82) is 0 Å². The number of likely N-dealkylation sites (tertiary alicyclic amines) is 1. The number of rotatable bonds is 5. The van der Waals surface area contributed by atoms with E-state index in [1.807, 2.05) is 49.9 Å². The average molecular weight is 346 g/mol. The van der Waals surface area contributed by atoms with Crippen molar-refractivity contribution in [2.75, 3.05) is 25.0 Å². The molecule has 2 atom stereocenters. The molecule has 1 aromatic rings. The lowest BCUT2D eigenvalue weighted by Crippen LogP contribution is -2.51. The number of nitrogens with zero attached hydrogens (tertiary/aromatic N) is 1. The van der Waals surface area contributed by atoms with Gasteiger partial charge in [0, 0.05) is 25.3 Å². The van der Waals surface area contributed by atoms with Gasteiger partial charge in [-0.1, -0.05) is 31.5 Å². The highest BCUT2D eigenvalue weighted by Gasteiger charge is 2.28. The standard InChI is InChI=1S/C19H30N4O2/c1-13(2)17(20)18(24)23-10-4-5-15(12-23)11-21-19(25)22-16-8-6-14(3)7-9-16/h6-9,13,15,17H,4-5,10-12,20H2,1-3H3,(H2,21,22,25)/t15?,17-/m0/s1. The smallest absolute Gasteiger partial charge is 0.319 e. The van der Waals surface area contributed by atoms with Crippen molar-refractivity contribution >= 4 is 17.6 Å². The van der Waals surface area contributed by atoms with Gasteiger partial charge in [-0.05, 0) is 43.7 Å². The summed E-state index contributed by atoms with van der Waals surface area (Å²) < 4.78 is 0. The summed E-state index contributed by atoms with van der Waals surface area (Å²) in [5.74, 6) is 0.413. The second-order valence-corrected chi connectivity index (χ2v) is 7.26. The molecule has 1 saturated heterocycles. The Morgan fingerprint density at radius 1 is 1.28 bits per heavy atom. The summed E-state index contributed by atoms with van der Waals surface area (Å²) in [7, 11) is 0. The number of piperidine rings is 1. The third-order valence-electron chi connectivity index (χ3n) is 4.69. The first-order chi connectivity index (χ1) is 11.9. The molecule has 1 heterocycles. The molecule has 0 aliphatic carbocycles. The fourth-order valence-electron chi connectivity index (χ4n) is 2.98. The molecule has 1 aliphatic heterocycles. The monoisotopic (exact) mass is 346 g/mol. The minimum Gasteiger partial charge on any atom is -0.341 e. The van der Waals surface area contributed by atoms with Gasteiger partial charge in [0.15, 0.2) is 0 Å². The third-order valence-corrected chi connectivity index (χ3v) is 4.69. The molecule has 25 heavy (non-hydrogen) atoms. The van der Waals surface area contributed by atoms with Gasteiger partial charge in [0.1, 0.15) is 0 Å². The maximum Gasteiger partial charge on any atom is 0.319 e. The molecule has 2 rings (SSSR count). The Morgan fingerprint density at radius 2 is 1.96 bits per heavy atom. The number of amides is 3. The van der Waals surface area contributed by atoms with E-state index in [0.717, 1.165) is 30.6 Å². The van der Waals surface area contributed by atoms with Crippen LogP contribution in [0.4, 0.5) is 10.5 Å². The lowest BCUT2D eigenvalue weighted by molar-refractivity contribution is -0.135. The average Bonchev–Trinajstić information content (AvgIpc) is 2.61. The minimum absolute atomic E-state index is 0.0174. The summed E-state index contributed by atoms with van der Waals surface area (Å²) in [5.41, 5.74) is 7.90. The van der Waals surface area contributed by atoms with Crippen LogP contribution in [0.2, 0.25) is 0 Å². The molecule has 1 aromatic carbocycles. The topological polar surface area (TPSA) is 87.5 Å². The maximum atomic E-state index is 12.4. The van der Waals surface area contributed by atoms with Crippen LogP contribution in [-0.2, 0) is 4.79 Å². The van der Waals surface area contributed by atoms with E-state index in [9.17, 15) is 9.59 Å². The summed E-state index contributed by atoms with van der Waals surface area (Å²) in [5, 5.41) is 5.73. The van der Waals surface area contributed by atoms with Crippen molar-refractivity contribution in [3.63, 3.8) is 0 Å². The number of nitrogens with one attached hydrogen (secondary N) is 2. The molecule has 1 unspecified atom stereocenters. The highest BCUT2D eigenvalue weighted by molar-refractivity contribution is 5.89. The van der Waals surface area contributed by atoms with Crippen LogP contribution in [0.5, 0.6) is 0 Å². The Kier molecular flexibility index (Phi) is 6.82. The summed E-state index contributed by atoms with van der Waals surface area (Å²) in [6, 6.07) is 7.01. The number of carbonyl (C=O) groups excluding carboxylic acids is 2. The molecule has 1 fully saturated rings. The number of hydrogen-bond donors (Lipinski definition) is 3. The normalized spacial score (nSPS) is 18.8. The van der Waals surface area contributed by atoms with Crippen LogP contribution >= 0.6 is 0 Å². The van der Waals surface area contributed by atoms with E-state index >= 15 is 0 Å². The fourth-order valence-corrected chi connectivity index (χ4v) is 2.98. The molecule has 138 valence electrons. The van der Waals surface area contributed by atoms with Gasteiger partial charge in [0.05, 0.1) is 6.04 Å². The van der Waals surface area contributed by atoms with Gasteiger partial charge in [-0.2, -0.15) is 0 Å². The summed E-state index contributed by atoms with van der Waals surface area (Å²) >= 11 is 0. The number of nitrogens with two attached hydrogens (primary N) is 1. The number of aryl methyl sites for hydroxylation is 1. The lowest BCUT2D eigenvalue weighted by Gasteiger charge is -2.35. The predicted octanol–water partition coefficient (Wildman–Crippen LogP) is 2.34. The van der Waals surface area contributed by atoms with Crippen molar-refractivity contribution in [2.45, 2.75) is 39.7 Å². The van der Waals surface area contributed by atoms with Gasteiger partial charge in [-0.3, -0.25) is 4.79 Å². The van der Waals surface area contributed by atoms with Gasteiger partial charge in [0.25, 0.3) is 0 Å². The van der Waals surface area contributed by atoms with E-state index in [4.69, 9.17) is 5.73 Å². The molecular formula is C19H30N4O2. The SMILES string of the molecule is Cc1ccc(NC(=O)NCC2CCCN(C(=O)[C@@H](N)C(C)C)C2)cc1. The van der Waals surface area contributed by atoms with Gasteiger partial charge >= 0.3 is 6.03 Å². The zero-order valence-electron chi connectivity index (χ0n) is 15.4. The lowest BCUT2D eigenvalue weighted by atomic mass is 9.96. The predicted molar refractivity (Wildman–Crippen MR) is 100 cm³/mol. The van der Waals surface area contributed by atoms with Gasteiger partial charge in [-0.25, -0.2) is 4.79 Å². The van der Waals surface area contributed by atoms with Crippen LogP contribution in [0.1, 0.15) is 32.3 Å². The summed E-state index contributed by atoms with van der Waals surface area (Å²) in [4.78, 5) is 26.3. The molecule has 3 amide bonds. The van der Waals surface area contributed by atoms with E-state index in [1.54, 1.807) is 0 Å². The Hall–Kier alpha value is -2.08. The van der Waals surface area contributed by atoms with Crippen LogP contribution < -0.4 is 16.4 Å². The first-order valence-corrected chi connectivity index (χ1v) is 9.02. The van der Waals surface area contributed by atoms with E-state index in [-0.39, 0.29) is 23.8 Å². The maximum absolute atomic E-state index is 12.4. The van der Waals surface area contributed by atoms with Crippen LogP contribution in [0, 0.1) is 18.8 Å². The number of hydrogen-bond acceptors (Lipinski definition) is 3. The number of urea groups is 1. The van der Waals surface area contributed by atoms with Crippen molar-refractivity contribution in [1.82, 2.24) is 10.2 Å². The van der Waals surface area contributed by atoms with Crippen LogP contribution in [0.15, 0.2) is 24.3 Å². The zero-order valence-corrected chi connectivity index (χ0v) is 15.4. The molecule has 6 nitrogen and oxygen atoms in total. The van der Waals surface area contributed by atoms with Gasteiger partial charge in [0.2, 0.25) is 5.91 Å². The molecule has 6 heteroatoms. The molecule has 0 bridgehead atoms. The first-order valence-electron chi connectivity index (χ1n) is 9.02. The van der Waals surface area contributed by atoms with Crippen molar-refractivity contribution in [2.24, 2.45) is 17.6 Å². The molecular weight excluding hydrogens is 316 g/mol. The Labute approximate surface area is 150 Å². The second-order valence-electron chi connectivity index (χ2n) is 7.26. The molecule has 0 saturated carbocycles. The molecule has 4 N–H and O–H groups in total. The van der Waals surface area contributed by atoms with E-state index in [1.165, 1.54) is 0 Å². The van der Waals surface area contributed by atoms with Gasteiger partial charge in [-0.15, -0.1) is 0 Å². The van der Waals surface area contributed by atoms with Crippen molar-refractivity contribution in [3.8, 4) is 0 Å². The quantitative estimate of drug-likeness (QED) is 0.765. The summed E-state index contributed by atoms with van der Waals surface area (Å²) in [6.07, 6.45) is 1.95. The highest BCUT2D eigenvalue weighted by atomic mass is 16.2. The fraction of sp³-hybridized carbons (Fsp3) is 0.579. The number of anilines is 1. The Balaban J connectivity index is 1.79. The van der Waals surface area contributed by atoms with Crippen LogP contribution in [-0.4, -0.2) is 42.5 Å². The third kappa shape index (κ3) is 5.74. The Morgan fingerprint density at radius 3 is 2.60 bits per heavy atom. The van der Waals surface area contributed by atoms with Gasteiger partial charge < -0.3 is 21.3 Å². The first kappa shape index (κ1) is 19.2. The van der Waals surface area contributed by atoms with Crippen molar-refractivity contribution in [3.05, 3.63) is 29.8 Å². The molecule has 0 aromatic heterocycles. The van der Waals surface area contributed by atoms with E-state index < -0.39 is 6.04 Å². The number of benzene rings is 1. The Bertz CT molecular complexity index is 586. The second kappa shape index (κ2) is 8.85. The van der Waals surface area contributed by atoms with Crippen LogP contribution in [0.3, 0.4) is 0 Å². The largest absolute Gasteiger partial charge is 0.341 e. The highest BCUT2D eigenvalue weighted by Crippen LogP contribution is 2.18. The molecule has 0 radical (unpaired) electrons. The van der Waals surface area contributed by atoms with E-state index in [2.05, 4.69) is 10.6 Å². The molecule has 0 spiro atoms. The zero-order chi connectivity index (χ0) is 18.4. The summed E-state index contributed by atoms with van der Waals surface area (Å²) in [6.45, 7) is 7.89. The van der Waals surface area contributed by atoms with Crippen LogP contribution in [0.25, 0.3) is 0 Å². The number of carbonyl (C=O) groups is 2.